The third kappa shape index (κ3) is 2.47. The highest BCUT2D eigenvalue weighted by atomic mass is 35.5. The van der Waals surface area contributed by atoms with Crippen LogP contribution >= 0.6 is 11.6 Å². The topological polar surface area (TPSA) is 77.8 Å². The molecule has 3 heterocycles. The van der Waals surface area contributed by atoms with Gasteiger partial charge < -0.3 is 9.05 Å². The second-order valence-electron chi connectivity index (χ2n) is 5.11. The van der Waals surface area contributed by atoms with Crippen molar-refractivity contribution in [3.8, 4) is 34.1 Å². The molecule has 0 saturated carbocycles. The lowest BCUT2D eigenvalue weighted by molar-refractivity contribution is 0.397. The maximum Gasteiger partial charge on any atom is 0.264 e. The van der Waals surface area contributed by atoms with Crippen LogP contribution < -0.4 is 0 Å². The van der Waals surface area contributed by atoms with Crippen molar-refractivity contribution in [1.82, 2.24) is 20.3 Å². The third-order valence-corrected chi connectivity index (χ3v) is 3.88. The Balaban J connectivity index is 1.83. The van der Waals surface area contributed by atoms with Crippen LogP contribution in [0, 0.1) is 6.92 Å². The zero-order valence-corrected chi connectivity index (χ0v) is 13.4. The molecule has 0 N–H and O–H groups in total. The zero-order chi connectivity index (χ0) is 16.5. The number of hydrogen-bond donors (Lipinski definition) is 0. The van der Waals surface area contributed by atoms with Crippen LogP contribution in [0.1, 0.15) is 5.76 Å². The Morgan fingerprint density at radius 3 is 2.67 bits per heavy atom. The smallest absolute Gasteiger partial charge is 0.264 e. The molecule has 7 heteroatoms. The molecule has 4 aromatic rings. The molecule has 1 aromatic carbocycles. The number of nitrogens with zero attached hydrogens (tertiary/aromatic N) is 4. The monoisotopic (exact) mass is 338 g/mol. The second-order valence-corrected chi connectivity index (χ2v) is 5.51. The van der Waals surface area contributed by atoms with Crippen LogP contribution in [0.5, 0.6) is 0 Å². The third-order valence-electron chi connectivity index (χ3n) is 3.55. The summed E-state index contributed by atoms with van der Waals surface area (Å²) in [5.74, 6) is 1.35. The summed E-state index contributed by atoms with van der Waals surface area (Å²) in [6, 6.07) is 11.1. The van der Waals surface area contributed by atoms with Crippen LogP contribution in [0.25, 0.3) is 34.1 Å². The van der Waals surface area contributed by atoms with Crippen molar-refractivity contribution < 1.29 is 9.05 Å². The van der Waals surface area contributed by atoms with Crippen molar-refractivity contribution in [3.63, 3.8) is 0 Å². The summed E-state index contributed by atoms with van der Waals surface area (Å²) in [5, 5.41) is 8.69. The minimum Gasteiger partial charge on any atom is -0.360 e. The van der Waals surface area contributed by atoms with E-state index in [4.69, 9.17) is 20.6 Å². The lowest BCUT2D eigenvalue weighted by atomic mass is 10.1. The quantitative estimate of drug-likeness (QED) is 0.550. The van der Waals surface area contributed by atoms with Crippen molar-refractivity contribution >= 4 is 11.6 Å². The first-order valence-corrected chi connectivity index (χ1v) is 7.57. The molecule has 118 valence electrons. The predicted octanol–water partition coefficient (Wildman–Crippen LogP) is 4.42. The van der Waals surface area contributed by atoms with Gasteiger partial charge in [-0.1, -0.05) is 40.1 Å². The molecule has 3 aromatic heterocycles. The second kappa shape index (κ2) is 5.90. The minimum absolute atomic E-state index is 0.322. The summed E-state index contributed by atoms with van der Waals surface area (Å²) >= 11 is 6.27. The maximum absolute atomic E-state index is 6.27. The molecule has 0 bridgehead atoms. The summed E-state index contributed by atoms with van der Waals surface area (Å²) in [6.45, 7) is 1.79. The van der Waals surface area contributed by atoms with Crippen molar-refractivity contribution in [2.24, 2.45) is 0 Å². The molecule has 0 aliphatic heterocycles. The number of aromatic nitrogens is 4. The van der Waals surface area contributed by atoms with Crippen molar-refractivity contribution in [1.29, 1.82) is 0 Å². The molecule has 0 aliphatic rings. The van der Waals surface area contributed by atoms with Crippen LogP contribution in [0.2, 0.25) is 5.02 Å². The SMILES string of the molecule is Cc1onc(-c2ccccc2Cl)c1-c1nc(-c2cccnc2)no1. The Morgan fingerprint density at radius 2 is 1.88 bits per heavy atom. The number of rotatable bonds is 3. The molecule has 0 spiro atoms. The Bertz CT molecular complexity index is 995. The van der Waals surface area contributed by atoms with Gasteiger partial charge in [0.2, 0.25) is 5.82 Å². The van der Waals surface area contributed by atoms with Crippen molar-refractivity contribution in [3.05, 3.63) is 59.6 Å². The number of hydrogen-bond acceptors (Lipinski definition) is 6. The van der Waals surface area contributed by atoms with Gasteiger partial charge in [0.05, 0.1) is 5.02 Å². The van der Waals surface area contributed by atoms with E-state index in [1.165, 1.54) is 0 Å². The molecule has 0 aliphatic carbocycles. The van der Waals surface area contributed by atoms with Gasteiger partial charge >= 0.3 is 0 Å². The molecular weight excluding hydrogens is 328 g/mol. The molecule has 6 nitrogen and oxygen atoms in total. The zero-order valence-electron chi connectivity index (χ0n) is 12.6. The highest BCUT2D eigenvalue weighted by molar-refractivity contribution is 6.33. The first-order valence-electron chi connectivity index (χ1n) is 7.19. The summed E-state index contributed by atoms with van der Waals surface area (Å²) in [6.07, 6.45) is 3.36. The molecule has 0 fully saturated rings. The van der Waals surface area contributed by atoms with Gasteiger partial charge in [-0.2, -0.15) is 4.98 Å². The largest absolute Gasteiger partial charge is 0.360 e. The van der Waals surface area contributed by atoms with E-state index in [1.54, 1.807) is 25.4 Å². The van der Waals surface area contributed by atoms with Gasteiger partial charge in [-0.25, -0.2) is 0 Å². The average molecular weight is 339 g/mol. The van der Waals surface area contributed by atoms with Gasteiger partial charge in [-0.3, -0.25) is 4.98 Å². The summed E-state index contributed by atoms with van der Waals surface area (Å²) in [5.41, 5.74) is 2.71. The summed E-state index contributed by atoms with van der Waals surface area (Å²) < 4.78 is 10.7. The van der Waals surface area contributed by atoms with Crippen LogP contribution in [-0.2, 0) is 0 Å². The fourth-order valence-corrected chi connectivity index (χ4v) is 2.62. The Labute approximate surface area is 142 Å². The Hall–Kier alpha value is -2.99. The first kappa shape index (κ1) is 14.6. The molecule has 0 atom stereocenters. The fraction of sp³-hybridized carbons (Fsp3) is 0.0588. The van der Waals surface area contributed by atoms with Crippen LogP contribution in [0.4, 0.5) is 0 Å². The van der Waals surface area contributed by atoms with Gasteiger partial charge in [0.25, 0.3) is 5.89 Å². The average Bonchev–Trinajstić information content (AvgIpc) is 3.23. The number of halogens is 1. The lowest BCUT2D eigenvalue weighted by Gasteiger charge is -2.00. The number of benzene rings is 1. The molecule has 0 unspecified atom stereocenters. The highest BCUT2D eigenvalue weighted by Crippen LogP contribution is 2.37. The Kier molecular flexibility index (Phi) is 3.59. The van der Waals surface area contributed by atoms with E-state index in [2.05, 4.69) is 20.3 Å². The van der Waals surface area contributed by atoms with Crippen LogP contribution in [-0.4, -0.2) is 20.3 Å². The van der Waals surface area contributed by atoms with E-state index >= 15 is 0 Å². The molecule has 0 amide bonds. The summed E-state index contributed by atoms with van der Waals surface area (Å²) in [7, 11) is 0. The van der Waals surface area contributed by atoms with Gasteiger partial charge in [-0.05, 0) is 25.1 Å². The van der Waals surface area contributed by atoms with Gasteiger partial charge in [-0.15, -0.1) is 0 Å². The van der Waals surface area contributed by atoms with E-state index in [0.29, 0.717) is 33.8 Å². The van der Waals surface area contributed by atoms with Crippen LogP contribution in [0.3, 0.4) is 0 Å². The highest BCUT2D eigenvalue weighted by Gasteiger charge is 2.23. The van der Waals surface area contributed by atoms with E-state index in [0.717, 1.165) is 11.1 Å². The van der Waals surface area contributed by atoms with E-state index in [9.17, 15) is 0 Å². The molecule has 4 rings (SSSR count). The molecule has 0 radical (unpaired) electrons. The predicted molar refractivity (Wildman–Crippen MR) is 88.2 cm³/mol. The first-order chi connectivity index (χ1) is 11.7. The molecular formula is C17H11ClN4O2. The minimum atomic E-state index is 0.322. The van der Waals surface area contributed by atoms with E-state index in [-0.39, 0.29) is 0 Å². The fourth-order valence-electron chi connectivity index (χ4n) is 2.40. The number of aryl methyl sites for hydroxylation is 1. The standard InChI is InChI=1S/C17H11ClN4O2/c1-10-14(15(21-23-10)12-6-2-3-7-13(12)18)17-20-16(22-24-17)11-5-4-8-19-9-11/h2-9H,1H3. The van der Waals surface area contributed by atoms with Gasteiger partial charge in [0.15, 0.2) is 0 Å². The molecule has 24 heavy (non-hydrogen) atoms. The van der Waals surface area contributed by atoms with Gasteiger partial charge in [0, 0.05) is 23.5 Å². The Morgan fingerprint density at radius 1 is 1.00 bits per heavy atom. The lowest BCUT2D eigenvalue weighted by Crippen LogP contribution is -1.86. The normalized spacial score (nSPS) is 10.9. The van der Waals surface area contributed by atoms with Crippen molar-refractivity contribution in [2.45, 2.75) is 6.92 Å². The van der Waals surface area contributed by atoms with Crippen molar-refractivity contribution in [2.75, 3.05) is 0 Å². The molecule has 0 saturated heterocycles. The summed E-state index contributed by atoms with van der Waals surface area (Å²) in [4.78, 5) is 8.50. The van der Waals surface area contributed by atoms with Crippen LogP contribution in [0.15, 0.2) is 57.8 Å². The maximum atomic E-state index is 6.27. The van der Waals surface area contributed by atoms with Gasteiger partial charge in [0.1, 0.15) is 17.0 Å². The van der Waals surface area contributed by atoms with E-state index < -0.39 is 0 Å². The number of pyridine rings is 1. The van der Waals surface area contributed by atoms with E-state index in [1.807, 2.05) is 30.3 Å².